The molecule has 1 aromatic carbocycles. The first-order valence-electron chi connectivity index (χ1n) is 6.44. The Morgan fingerprint density at radius 1 is 1.39 bits per heavy atom. The van der Waals surface area contributed by atoms with Crippen LogP contribution < -0.4 is 5.32 Å². The SMILES string of the molecule is C[C@@H]1CCCCN1CC(=O)Nc1ccc(Br)cc1. The van der Waals surface area contributed by atoms with Gasteiger partial charge in [-0.25, -0.2) is 0 Å². The molecular weight excluding hydrogens is 292 g/mol. The fourth-order valence-electron chi connectivity index (χ4n) is 2.31. The van der Waals surface area contributed by atoms with Gasteiger partial charge in [-0.2, -0.15) is 0 Å². The number of carbonyl (C=O) groups is 1. The van der Waals surface area contributed by atoms with Crippen molar-refractivity contribution in [2.45, 2.75) is 32.2 Å². The molecule has 4 heteroatoms. The molecular formula is C14H19BrN2O. The largest absolute Gasteiger partial charge is 0.325 e. The molecule has 1 aliphatic heterocycles. The van der Waals surface area contributed by atoms with Crippen molar-refractivity contribution in [3.05, 3.63) is 28.7 Å². The van der Waals surface area contributed by atoms with E-state index in [0.717, 1.165) is 16.7 Å². The second kappa shape index (κ2) is 6.34. The highest BCUT2D eigenvalue weighted by Gasteiger charge is 2.20. The van der Waals surface area contributed by atoms with E-state index in [9.17, 15) is 4.79 Å². The molecule has 0 saturated carbocycles. The third kappa shape index (κ3) is 3.82. The minimum Gasteiger partial charge on any atom is -0.325 e. The van der Waals surface area contributed by atoms with E-state index in [1.165, 1.54) is 19.3 Å². The number of rotatable bonds is 3. The lowest BCUT2D eigenvalue weighted by Crippen LogP contribution is -2.42. The smallest absolute Gasteiger partial charge is 0.238 e. The van der Waals surface area contributed by atoms with Gasteiger partial charge in [0.25, 0.3) is 0 Å². The molecule has 18 heavy (non-hydrogen) atoms. The highest BCUT2D eigenvalue weighted by Crippen LogP contribution is 2.17. The van der Waals surface area contributed by atoms with E-state index in [1.807, 2.05) is 24.3 Å². The first kappa shape index (κ1) is 13.6. The normalized spacial score (nSPS) is 20.7. The zero-order valence-electron chi connectivity index (χ0n) is 10.7. The number of hydrogen-bond donors (Lipinski definition) is 1. The number of likely N-dealkylation sites (tertiary alicyclic amines) is 1. The lowest BCUT2D eigenvalue weighted by molar-refractivity contribution is -0.118. The molecule has 1 N–H and O–H groups in total. The Bertz CT molecular complexity index is 405. The molecule has 1 aromatic rings. The Kier molecular flexibility index (Phi) is 4.78. The fraction of sp³-hybridized carbons (Fsp3) is 0.500. The standard InChI is InChI=1S/C14H19BrN2O/c1-11-4-2-3-9-17(11)10-14(18)16-13-7-5-12(15)6-8-13/h5-8,11H,2-4,9-10H2,1H3,(H,16,18)/t11-/m1/s1. The van der Waals surface area contributed by atoms with Gasteiger partial charge < -0.3 is 5.32 Å². The van der Waals surface area contributed by atoms with Gasteiger partial charge in [-0.3, -0.25) is 9.69 Å². The van der Waals surface area contributed by atoms with Crippen molar-refractivity contribution >= 4 is 27.5 Å². The summed E-state index contributed by atoms with van der Waals surface area (Å²) in [5, 5.41) is 2.94. The third-order valence-electron chi connectivity index (χ3n) is 3.42. The van der Waals surface area contributed by atoms with Gasteiger partial charge in [0.2, 0.25) is 5.91 Å². The number of amides is 1. The molecule has 0 bridgehead atoms. The average Bonchev–Trinajstić information content (AvgIpc) is 2.35. The molecule has 0 spiro atoms. The summed E-state index contributed by atoms with van der Waals surface area (Å²) < 4.78 is 1.02. The minimum atomic E-state index is 0.0751. The first-order chi connectivity index (χ1) is 8.65. The molecule has 1 atom stereocenters. The van der Waals surface area contributed by atoms with Crippen LogP contribution >= 0.6 is 15.9 Å². The number of hydrogen-bond acceptors (Lipinski definition) is 2. The van der Waals surface area contributed by atoms with E-state index in [1.54, 1.807) is 0 Å². The maximum atomic E-state index is 11.9. The molecule has 1 heterocycles. The van der Waals surface area contributed by atoms with Crippen molar-refractivity contribution in [2.24, 2.45) is 0 Å². The number of benzene rings is 1. The van der Waals surface area contributed by atoms with Gasteiger partial charge in [0, 0.05) is 16.2 Å². The molecule has 2 rings (SSSR count). The Hall–Kier alpha value is -0.870. The molecule has 1 amide bonds. The van der Waals surface area contributed by atoms with E-state index in [0.29, 0.717) is 12.6 Å². The average molecular weight is 311 g/mol. The van der Waals surface area contributed by atoms with Crippen LogP contribution in [0.25, 0.3) is 0 Å². The van der Waals surface area contributed by atoms with Crippen LogP contribution in [0.3, 0.4) is 0 Å². The lowest BCUT2D eigenvalue weighted by atomic mass is 10.0. The van der Waals surface area contributed by atoms with Gasteiger partial charge >= 0.3 is 0 Å². The summed E-state index contributed by atoms with van der Waals surface area (Å²) in [5.41, 5.74) is 0.855. The molecule has 0 aromatic heterocycles. The van der Waals surface area contributed by atoms with Crippen molar-refractivity contribution in [1.29, 1.82) is 0 Å². The van der Waals surface area contributed by atoms with Gasteiger partial charge in [-0.15, -0.1) is 0 Å². The number of anilines is 1. The van der Waals surface area contributed by atoms with Crippen molar-refractivity contribution in [3.63, 3.8) is 0 Å². The van der Waals surface area contributed by atoms with Crippen molar-refractivity contribution in [3.8, 4) is 0 Å². The highest BCUT2D eigenvalue weighted by atomic mass is 79.9. The third-order valence-corrected chi connectivity index (χ3v) is 3.94. The van der Waals surface area contributed by atoms with Gasteiger partial charge in [0.1, 0.15) is 0 Å². The van der Waals surface area contributed by atoms with Gasteiger partial charge in [-0.1, -0.05) is 22.4 Å². The van der Waals surface area contributed by atoms with Crippen LogP contribution in [0.15, 0.2) is 28.7 Å². The van der Waals surface area contributed by atoms with Crippen LogP contribution in [-0.2, 0) is 4.79 Å². The zero-order valence-corrected chi connectivity index (χ0v) is 12.2. The predicted octanol–water partition coefficient (Wildman–Crippen LogP) is 3.26. The van der Waals surface area contributed by atoms with E-state index < -0.39 is 0 Å². The number of halogens is 1. The van der Waals surface area contributed by atoms with Crippen molar-refractivity contribution in [1.82, 2.24) is 4.90 Å². The maximum Gasteiger partial charge on any atom is 0.238 e. The monoisotopic (exact) mass is 310 g/mol. The van der Waals surface area contributed by atoms with Gasteiger partial charge in [0.05, 0.1) is 6.54 Å². The van der Waals surface area contributed by atoms with Crippen molar-refractivity contribution in [2.75, 3.05) is 18.4 Å². The Morgan fingerprint density at radius 2 is 2.11 bits per heavy atom. The summed E-state index contributed by atoms with van der Waals surface area (Å²) in [5.74, 6) is 0.0751. The summed E-state index contributed by atoms with van der Waals surface area (Å²) in [6.07, 6.45) is 3.69. The Balaban J connectivity index is 1.86. The van der Waals surface area contributed by atoms with Crippen LogP contribution in [0.4, 0.5) is 5.69 Å². The Morgan fingerprint density at radius 3 is 2.78 bits per heavy atom. The lowest BCUT2D eigenvalue weighted by Gasteiger charge is -2.32. The summed E-state index contributed by atoms with van der Waals surface area (Å²) in [6, 6.07) is 8.19. The molecule has 0 unspecified atom stereocenters. The summed E-state index contributed by atoms with van der Waals surface area (Å²) >= 11 is 3.38. The topological polar surface area (TPSA) is 32.3 Å². The van der Waals surface area contributed by atoms with Gasteiger partial charge in [-0.05, 0) is 50.6 Å². The van der Waals surface area contributed by atoms with E-state index >= 15 is 0 Å². The van der Waals surface area contributed by atoms with E-state index in [-0.39, 0.29) is 5.91 Å². The summed E-state index contributed by atoms with van der Waals surface area (Å²) in [4.78, 5) is 14.2. The number of piperidine rings is 1. The van der Waals surface area contributed by atoms with Crippen LogP contribution in [0.2, 0.25) is 0 Å². The molecule has 1 aliphatic rings. The van der Waals surface area contributed by atoms with Gasteiger partial charge in [0.15, 0.2) is 0 Å². The minimum absolute atomic E-state index is 0.0751. The molecule has 0 radical (unpaired) electrons. The van der Waals surface area contributed by atoms with Crippen LogP contribution in [0, 0.1) is 0 Å². The van der Waals surface area contributed by atoms with Crippen LogP contribution in [0.5, 0.6) is 0 Å². The second-order valence-electron chi connectivity index (χ2n) is 4.87. The first-order valence-corrected chi connectivity index (χ1v) is 7.24. The maximum absolute atomic E-state index is 11.9. The molecule has 1 fully saturated rings. The fourth-order valence-corrected chi connectivity index (χ4v) is 2.58. The van der Waals surface area contributed by atoms with E-state index in [4.69, 9.17) is 0 Å². The quantitative estimate of drug-likeness (QED) is 0.929. The molecule has 98 valence electrons. The second-order valence-corrected chi connectivity index (χ2v) is 5.79. The predicted molar refractivity (Wildman–Crippen MR) is 77.7 cm³/mol. The molecule has 1 saturated heterocycles. The summed E-state index contributed by atoms with van der Waals surface area (Å²) in [7, 11) is 0. The summed E-state index contributed by atoms with van der Waals surface area (Å²) in [6.45, 7) is 3.73. The highest BCUT2D eigenvalue weighted by molar-refractivity contribution is 9.10. The Labute approximate surface area is 117 Å². The molecule has 0 aliphatic carbocycles. The van der Waals surface area contributed by atoms with Crippen LogP contribution in [0.1, 0.15) is 26.2 Å². The number of carbonyl (C=O) groups excluding carboxylic acids is 1. The van der Waals surface area contributed by atoms with Crippen molar-refractivity contribution < 1.29 is 4.79 Å². The van der Waals surface area contributed by atoms with E-state index in [2.05, 4.69) is 33.1 Å². The van der Waals surface area contributed by atoms with Crippen LogP contribution in [-0.4, -0.2) is 29.9 Å². The number of nitrogens with zero attached hydrogens (tertiary/aromatic N) is 1. The zero-order chi connectivity index (χ0) is 13.0. The molecule has 3 nitrogen and oxygen atoms in total. The number of nitrogens with one attached hydrogen (secondary N) is 1.